The average molecular weight is 461 g/mol. The lowest BCUT2D eigenvalue weighted by Gasteiger charge is -2.37. The van der Waals surface area contributed by atoms with Gasteiger partial charge in [0.2, 0.25) is 0 Å². The van der Waals surface area contributed by atoms with Crippen molar-refractivity contribution >= 4 is 56.8 Å². The van der Waals surface area contributed by atoms with Crippen molar-refractivity contribution in [1.29, 1.82) is 0 Å². The molecule has 6 aromatic rings. The van der Waals surface area contributed by atoms with Gasteiger partial charge in [-0.1, -0.05) is 54.6 Å². The first-order valence-corrected chi connectivity index (χ1v) is 11.8. The first-order valence-electron chi connectivity index (χ1n) is 11.8. The largest absolute Gasteiger partial charge is 0.456 e. The third kappa shape index (κ3) is 3.54. The lowest BCUT2D eigenvalue weighted by atomic mass is 9.80. The molecule has 1 N–H and O–H groups in total. The highest BCUT2D eigenvalue weighted by molar-refractivity contribution is 6.52. The minimum Gasteiger partial charge on any atom is -0.456 e. The molecule has 0 aliphatic rings. The molecular weight excluding hydrogens is 435 g/mol. The summed E-state index contributed by atoms with van der Waals surface area (Å²) >= 11 is 0. The van der Waals surface area contributed by atoms with Crippen molar-refractivity contribution in [2.24, 2.45) is 0 Å². The SMILES string of the molecule is CC(C)(O)C(C)(C)O[B]c1cccc2oc3ccc(-c4cccc5c4oc4ccccc45)cc3c12. The summed E-state index contributed by atoms with van der Waals surface area (Å²) in [6.45, 7) is 7.26. The first-order chi connectivity index (χ1) is 16.7. The fourth-order valence-electron chi connectivity index (χ4n) is 4.45. The molecule has 0 fully saturated rings. The molecule has 0 spiro atoms. The summed E-state index contributed by atoms with van der Waals surface area (Å²) in [6, 6.07) is 26.6. The van der Waals surface area contributed by atoms with Crippen LogP contribution < -0.4 is 5.46 Å². The Balaban J connectivity index is 1.50. The van der Waals surface area contributed by atoms with Crippen LogP contribution in [-0.2, 0) is 4.65 Å². The smallest absolute Gasteiger partial charge is 0.331 e. The van der Waals surface area contributed by atoms with Gasteiger partial charge in [-0.15, -0.1) is 0 Å². The minimum atomic E-state index is -1.01. The molecular formula is C30H26BO4. The van der Waals surface area contributed by atoms with E-state index in [-0.39, 0.29) is 0 Å². The van der Waals surface area contributed by atoms with Gasteiger partial charge in [0.15, 0.2) is 0 Å². The van der Waals surface area contributed by atoms with Crippen LogP contribution in [0.15, 0.2) is 87.7 Å². The van der Waals surface area contributed by atoms with Crippen molar-refractivity contribution in [3.63, 3.8) is 0 Å². The van der Waals surface area contributed by atoms with Crippen LogP contribution in [0.4, 0.5) is 0 Å². The summed E-state index contributed by atoms with van der Waals surface area (Å²) in [4.78, 5) is 0. The Labute approximate surface area is 204 Å². The number of benzene rings is 4. The van der Waals surface area contributed by atoms with Crippen LogP contribution >= 0.6 is 0 Å². The fourth-order valence-corrected chi connectivity index (χ4v) is 4.45. The Morgan fingerprint density at radius 3 is 2.26 bits per heavy atom. The third-order valence-corrected chi connectivity index (χ3v) is 7.20. The lowest BCUT2D eigenvalue weighted by molar-refractivity contribution is -0.0893. The highest BCUT2D eigenvalue weighted by atomic mass is 16.5. The molecule has 1 radical (unpaired) electrons. The topological polar surface area (TPSA) is 55.7 Å². The Morgan fingerprint density at radius 1 is 0.714 bits per heavy atom. The van der Waals surface area contributed by atoms with Gasteiger partial charge in [-0.25, -0.2) is 0 Å². The maximum Gasteiger partial charge on any atom is 0.331 e. The van der Waals surface area contributed by atoms with Crippen LogP contribution in [0.3, 0.4) is 0 Å². The number of aliphatic hydroxyl groups is 1. The van der Waals surface area contributed by atoms with Gasteiger partial charge < -0.3 is 18.6 Å². The van der Waals surface area contributed by atoms with E-state index in [0.29, 0.717) is 0 Å². The molecule has 0 saturated heterocycles. The van der Waals surface area contributed by atoms with E-state index in [4.69, 9.17) is 13.5 Å². The molecule has 0 atom stereocenters. The maximum atomic E-state index is 10.5. The second-order valence-corrected chi connectivity index (χ2v) is 10.1. The van der Waals surface area contributed by atoms with Crippen LogP contribution in [0.5, 0.6) is 0 Å². The predicted molar refractivity (Wildman–Crippen MR) is 143 cm³/mol. The zero-order valence-electron chi connectivity index (χ0n) is 20.3. The van der Waals surface area contributed by atoms with E-state index < -0.39 is 11.2 Å². The van der Waals surface area contributed by atoms with E-state index in [2.05, 4.69) is 36.4 Å². The van der Waals surface area contributed by atoms with Crippen molar-refractivity contribution in [3.05, 3.63) is 78.9 Å². The van der Waals surface area contributed by atoms with E-state index >= 15 is 0 Å². The van der Waals surface area contributed by atoms with Crippen molar-refractivity contribution < 1.29 is 18.6 Å². The standard InChI is InChI=1S/C30H26BO4/c1-29(2,32)30(3,4)35-31-23-12-8-14-26-27(23)22-17-18(15-16-25(22)33-26)19-10-7-11-21-20-9-5-6-13-24(20)34-28(19)21/h5-17,32H,1-4H3. The zero-order valence-corrected chi connectivity index (χ0v) is 20.3. The van der Waals surface area contributed by atoms with E-state index in [1.165, 1.54) is 0 Å². The van der Waals surface area contributed by atoms with Crippen LogP contribution in [0.1, 0.15) is 27.7 Å². The van der Waals surface area contributed by atoms with Crippen molar-refractivity contribution in [3.8, 4) is 11.1 Å². The molecule has 2 heterocycles. The second kappa shape index (κ2) is 7.74. The monoisotopic (exact) mass is 461 g/mol. The van der Waals surface area contributed by atoms with Crippen molar-refractivity contribution in [2.75, 3.05) is 0 Å². The highest BCUT2D eigenvalue weighted by Crippen LogP contribution is 2.38. The summed E-state index contributed by atoms with van der Waals surface area (Å²) in [5, 5.41) is 14.7. The summed E-state index contributed by atoms with van der Waals surface area (Å²) in [6.07, 6.45) is 0. The quantitative estimate of drug-likeness (QED) is 0.282. The molecule has 0 amide bonds. The lowest BCUT2D eigenvalue weighted by Crippen LogP contribution is -2.49. The highest BCUT2D eigenvalue weighted by Gasteiger charge is 2.36. The molecule has 35 heavy (non-hydrogen) atoms. The average Bonchev–Trinajstić information content (AvgIpc) is 3.40. The predicted octanol–water partition coefficient (Wildman–Crippen LogP) is 6.96. The van der Waals surface area contributed by atoms with Gasteiger partial charge in [-0.2, -0.15) is 0 Å². The number of fused-ring (bicyclic) bond motifs is 6. The van der Waals surface area contributed by atoms with Gasteiger partial charge in [-0.05, 0) is 63.0 Å². The molecule has 5 heteroatoms. The van der Waals surface area contributed by atoms with Gasteiger partial charge in [0.05, 0.1) is 11.2 Å². The van der Waals surface area contributed by atoms with Gasteiger partial charge in [0.25, 0.3) is 0 Å². The van der Waals surface area contributed by atoms with Crippen LogP contribution in [0, 0.1) is 0 Å². The number of para-hydroxylation sites is 2. The van der Waals surface area contributed by atoms with Crippen molar-refractivity contribution in [2.45, 2.75) is 38.9 Å². The fraction of sp³-hybridized carbons (Fsp3) is 0.200. The van der Waals surface area contributed by atoms with Crippen molar-refractivity contribution in [1.82, 2.24) is 0 Å². The second-order valence-electron chi connectivity index (χ2n) is 10.1. The van der Waals surface area contributed by atoms with E-state index in [9.17, 15) is 5.11 Å². The van der Waals surface area contributed by atoms with Gasteiger partial charge in [-0.3, -0.25) is 0 Å². The molecule has 0 unspecified atom stereocenters. The number of furan rings is 2. The zero-order chi connectivity index (χ0) is 24.4. The van der Waals surface area contributed by atoms with Crippen LogP contribution in [0.2, 0.25) is 0 Å². The first kappa shape index (κ1) is 22.0. The molecule has 6 rings (SSSR count). The maximum absolute atomic E-state index is 10.5. The Morgan fingerprint density at radius 2 is 1.43 bits per heavy atom. The Bertz CT molecular complexity index is 1720. The molecule has 4 aromatic carbocycles. The van der Waals surface area contributed by atoms with E-state index in [1.807, 2.05) is 56.3 Å². The Kier molecular flexibility index (Phi) is 4.86. The number of hydrogen-bond acceptors (Lipinski definition) is 4. The minimum absolute atomic E-state index is 0.767. The van der Waals surface area contributed by atoms with E-state index in [1.54, 1.807) is 21.3 Å². The summed E-state index contributed by atoms with van der Waals surface area (Å²) < 4.78 is 18.5. The molecule has 0 bridgehead atoms. The number of hydrogen-bond donors (Lipinski definition) is 1. The van der Waals surface area contributed by atoms with E-state index in [0.717, 1.165) is 60.5 Å². The molecule has 4 nitrogen and oxygen atoms in total. The molecule has 173 valence electrons. The Hall–Kier alpha value is -3.54. The summed E-state index contributed by atoms with van der Waals surface area (Å²) in [5.74, 6) is 0. The normalized spacial score (nSPS) is 12.8. The third-order valence-electron chi connectivity index (χ3n) is 7.20. The van der Waals surface area contributed by atoms with Gasteiger partial charge in [0.1, 0.15) is 22.3 Å². The van der Waals surface area contributed by atoms with Crippen LogP contribution in [-0.4, -0.2) is 23.8 Å². The summed E-state index contributed by atoms with van der Waals surface area (Å²) in [5.41, 5.74) is 4.58. The van der Waals surface area contributed by atoms with Crippen LogP contribution in [0.25, 0.3) is 55.0 Å². The molecule has 0 saturated carbocycles. The van der Waals surface area contributed by atoms with Gasteiger partial charge >= 0.3 is 7.48 Å². The molecule has 0 aliphatic heterocycles. The number of rotatable bonds is 5. The molecule has 2 aromatic heterocycles. The van der Waals surface area contributed by atoms with Gasteiger partial charge in [0, 0.05) is 27.1 Å². The summed E-state index contributed by atoms with van der Waals surface area (Å²) in [7, 11) is 1.72. The molecule has 0 aliphatic carbocycles.